The number of rotatable bonds is 5. The van der Waals surface area contributed by atoms with E-state index in [4.69, 9.17) is 14.2 Å². The zero-order valence-electron chi connectivity index (χ0n) is 18.6. The van der Waals surface area contributed by atoms with Crippen LogP contribution in [0.25, 0.3) is 10.9 Å². The molecule has 2 aliphatic heterocycles. The number of benzene rings is 1. The summed E-state index contributed by atoms with van der Waals surface area (Å²) in [5.41, 5.74) is 0.262. The van der Waals surface area contributed by atoms with E-state index < -0.39 is 18.2 Å². The maximum atomic E-state index is 12.9. The van der Waals surface area contributed by atoms with Crippen LogP contribution in [0.4, 0.5) is 24.9 Å². The number of alkyl halides is 3. The van der Waals surface area contributed by atoms with Crippen LogP contribution < -0.4 is 19.7 Å². The Morgan fingerprint density at radius 3 is 2.35 bits per heavy atom. The molecule has 1 unspecified atom stereocenters. The Morgan fingerprint density at radius 1 is 1.09 bits per heavy atom. The molecule has 1 atom stereocenters. The number of halogens is 3. The van der Waals surface area contributed by atoms with Crippen molar-refractivity contribution >= 4 is 34.5 Å². The van der Waals surface area contributed by atoms with E-state index in [1.54, 1.807) is 9.80 Å². The fourth-order valence-corrected chi connectivity index (χ4v) is 3.96. The summed E-state index contributed by atoms with van der Waals surface area (Å²) in [7, 11) is 2.80. The summed E-state index contributed by atoms with van der Waals surface area (Å²) in [6.07, 6.45) is -3.97. The lowest BCUT2D eigenvalue weighted by Gasteiger charge is -2.35. The quantitative estimate of drug-likeness (QED) is 0.688. The van der Waals surface area contributed by atoms with E-state index in [9.17, 15) is 22.8 Å². The van der Waals surface area contributed by atoms with Crippen LogP contribution in [0.1, 0.15) is 12.8 Å². The Balaban J connectivity index is 1.63. The summed E-state index contributed by atoms with van der Waals surface area (Å²) in [5.74, 6) is -1.83. The highest BCUT2D eigenvalue weighted by Gasteiger charge is 2.39. The van der Waals surface area contributed by atoms with E-state index >= 15 is 0 Å². The van der Waals surface area contributed by atoms with Crippen molar-refractivity contribution in [1.29, 1.82) is 0 Å². The van der Waals surface area contributed by atoms with Gasteiger partial charge in [0.2, 0.25) is 5.95 Å². The molecule has 1 aromatic heterocycles. The van der Waals surface area contributed by atoms with Gasteiger partial charge in [-0.05, 0) is 18.9 Å². The number of carbonyl (C=O) groups is 2. The van der Waals surface area contributed by atoms with Gasteiger partial charge in [0.15, 0.2) is 11.5 Å². The van der Waals surface area contributed by atoms with Crippen molar-refractivity contribution in [2.45, 2.75) is 25.1 Å². The standard InChI is InChI=1S/C21H24F3N5O5/c1-32-15-10-12-13(11-16(15)33-2)25-20(27-17(12)26-19(31)21(22,23)24)29-7-5-28(6-8-29)18(30)14-4-3-9-34-14/h10-11,14H,3-9H2,1-2H3,(H,25,26,27,31). The van der Waals surface area contributed by atoms with Crippen molar-refractivity contribution in [1.82, 2.24) is 14.9 Å². The lowest BCUT2D eigenvalue weighted by molar-refractivity contribution is -0.167. The molecule has 2 amide bonds. The van der Waals surface area contributed by atoms with Gasteiger partial charge in [0.25, 0.3) is 5.91 Å². The number of hydrogen-bond acceptors (Lipinski definition) is 8. The first-order chi connectivity index (χ1) is 16.2. The van der Waals surface area contributed by atoms with Gasteiger partial charge in [-0.1, -0.05) is 0 Å². The number of carbonyl (C=O) groups excluding carboxylic acids is 2. The van der Waals surface area contributed by atoms with Gasteiger partial charge in [-0.25, -0.2) is 4.98 Å². The van der Waals surface area contributed by atoms with Crippen LogP contribution in [0.5, 0.6) is 11.5 Å². The summed E-state index contributed by atoms with van der Waals surface area (Å²) >= 11 is 0. The third-order valence-electron chi connectivity index (χ3n) is 5.76. The van der Waals surface area contributed by atoms with Gasteiger partial charge < -0.3 is 29.3 Å². The van der Waals surface area contributed by atoms with Gasteiger partial charge in [-0.2, -0.15) is 18.2 Å². The molecule has 2 aliphatic rings. The van der Waals surface area contributed by atoms with E-state index in [0.717, 1.165) is 6.42 Å². The average Bonchev–Trinajstić information content (AvgIpc) is 3.37. The third-order valence-corrected chi connectivity index (χ3v) is 5.76. The molecule has 0 spiro atoms. The second-order valence-electron chi connectivity index (χ2n) is 7.86. The number of hydrogen-bond donors (Lipinski definition) is 1. The lowest BCUT2D eigenvalue weighted by Crippen LogP contribution is -2.51. The number of anilines is 2. The number of aromatic nitrogens is 2. The van der Waals surface area contributed by atoms with E-state index in [1.165, 1.54) is 26.4 Å². The largest absolute Gasteiger partial charge is 0.493 e. The second kappa shape index (κ2) is 9.49. The van der Waals surface area contributed by atoms with Gasteiger partial charge in [0, 0.05) is 44.2 Å². The molecule has 184 valence electrons. The summed E-state index contributed by atoms with van der Waals surface area (Å²) < 4.78 is 54.8. The van der Waals surface area contributed by atoms with Crippen molar-refractivity contribution in [3.05, 3.63) is 12.1 Å². The number of nitrogens with one attached hydrogen (secondary N) is 1. The van der Waals surface area contributed by atoms with Crippen LogP contribution in [0.2, 0.25) is 0 Å². The number of ether oxygens (including phenoxy) is 3. The van der Waals surface area contributed by atoms with Crippen LogP contribution in [-0.4, -0.2) is 86.0 Å². The molecule has 1 aromatic carbocycles. The third kappa shape index (κ3) is 4.79. The lowest BCUT2D eigenvalue weighted by atomic mass is 10.2. The van der Waals surface area contributed by atoms with Crippen molar-refractivity contribution in [3.63, 3.8) is 0 Å². The molecule has 10 nitrogen and oxygen atoms in total. The first kappa shape index (κ1) is 23.8. The monoisotopic (exact) mass is 483 g/mol. The first-order valence-corrected chi connectivity index (χ1v) is 10.7. The van der Waals surface area contributed by atoms with Gasteiger partial charge >= 0.3 is 12.1 Å². The maximum absolute atomic E-state index is 12.9. The Kier molecular flexibility index (Phi) is 6.64. The van der Waals surface area contributed by atoms with E-state index in [0.29, 0.717) is 45.0 Å². The van der Waals surface area contributed by atoms with Crippen molar-refractivity contribution < 1.29 is 37.0 Å². The summed E-state index contributed by atoms with van der Waals surface area (Å²) in [5, 5.41) is 2.00. The molecule has 2 aromatic rings. The molecule has 1 N–H and O–H groups in total. The molecular formula is C21H24F3N5O5. The SMILES string of the molecule is COc1cc2nc(N3CCN(C(=O)C4CCCO4)CC3)nc(NC(=O)C(F)(F)F)c2cc1OC. The normalized spacial score (nSPS) is 18.8. The first-order valence-electron chi connectivity index (χ1n) is 10.7. The summed E-state index contributed by atoms with van der Waals surface area (Å²) in [6.45, 7) is 2.07. The molecule has 0 aliphatic carbocycles. The minimum atomic E-state index is -5.09. The number of fused-ring (bicyclic) bond motifs is 1. The fourth-order valence-electron chi connectivity index (χ4n) is 3.96. The highest BCUT2D eigenvalue weighted by atomic mass is 19.4. The average molecular weight is 483 g/mol. The number of methoxy groups -OCH3 is 2. The molecule has 0 radical (unpaired) electrons. The molecule has 34 heavy (non-hydrogen) atoms. The zero-order chi connectivity index (χ0) is 24.5. The van der Waals surface area contributed by atoms with Crippen LogP contribution in [0.15, 0.2) is 12.1 Å². The molecule has 0 bridgehead atoms. The topological polar surface area (TPSA) is 106 Å². The van der Waals surface area contributed by atoms with E-state index in [2.05, 4.69) is 9.97 Å². The zero-order valence-corrected chi connectivity index (χ0v) is 18.6. The number of amides is 2. The number of piperazine rings is 1. The molecule has 0 saturated carbocycles. The Hall–Kier alpha value is -3.35. The van der Waals surface area contributed by atoms with Crippen LogP contribution in [-0.2, 0) is 14.3 Å². The minimum Gasteiger partial charge on any atom is -0.493 e. The van der Waals surface area contributed by atoms with Crippen LogP contribution in [0, 0.1) is 0 Å². The van der Waals surface area contributed by atoms with Crippen molar-refractivity contribution in [3.8, 4) is 11.5 Å². The van der Waals surface area contributed by atoms with Gasteiger partial charge in [0.05, 0.1) is 19.7 Å². The predicted octanol–water partition coefficient (Wildman–Crippen LogP) is 1.98. The van der Waals surface area contributed by atoms with Crippen molar-refractivity contribution in [2.75, 3.05) is 57.2 Å². The fraction of sp³-hybridized carbons (Fsp3) is 0.524. The molecule has 4 rings (SSSR count). The molecule has 2 fully saturated rings. The highest BCUT2D eigenvalue weighted by Crippen LogP contribution is 2.35. The van der Waals surface area contributed by atoms with E-state index in [-0.39, 0.29) is 34.3 Å². The van der Waals surface area contributed by atoms with Gasteiger partial charge in [0.1, 0.15) is 11.9 Å². The Morgan fingerprint density at radius 2 is 1.76 bits per heavy atom. The van der Waals surface area contributed by atoms with Crippen LogP contribution >= 0.6 is 0 Å². The summed E-state index contributed by atoms with van der Waals surface area (Å²) in [6, 6.07) is 2.90. The Labute approximate surface area is 193 Å². The molecule has 2 saturated heterocycles. The minimum absolute atomic E-state index is 0.0634. The Bertz CT molecular complexity index is 1080. The number of nitrogens with zero attached hydrogens (tertiary/aromatic N) is 4. The highest BCUT2D eigenvalue weighted by molar-refractivity contribution is 6.02. The maximum Gasteiger partial charge on any atom is 0.471 e. The molecule has 13 heteroatoms. The predicted molar refractivity (Wildman–Crippen MR) is 115 cm³/mol. The molecule has 3 heterocycles. The smallest absolute Gasteiger partial charge is 0.471 e. The molecular weight excluding hydrogens is 459 g/mol. The second-order valence-corrected chi connectivity index (χ2v) is 7.86. The van der Waals surface area contributed by atoms with Gasteiger partial charge in [-0.15, -0.1) is 0 Å². The summed E-state index contributed by atoms with van der Waals surface area (Å²) in [4.78, 5) is 36.4. The van der Waals surface area contributed by atoms with Crippen molar-refractivity contribution in [2.24, 2.45) is 0 Å². The van der Waals surface area contributed by atoms with E-state index in [1.807, 2.05) is 5.32 Å². The van der Waals surface area contributed by atoms with Crippen LogP contribution in [0.3, 0.4) is 0 Å². The van der Waals surface area contributed by atoms with Gasteiger partial charge in [-0.3, -0.25) is 9.59 Å².